The number of benzene rings is 2. The number of esters is 1. The Hall–Kier alpha value is -3.06. The normalized spacial score (nSPS) is 16.0. The molecule has 1 saturated heterocycles. The minimum absolute atomic E-state index is 0.0160. The van der Waals surface area contributed by atoms with E-state index in [9.17, 15) is 4.79 Å². The third-order valence-corrected chi connectivity index (χ3v) is 4.66. The van der Waals surface area contributed by atoms with Gasteiger partial charge in [0.25, 0.3) is 0 Å². The zero-order valence-corrected chi connectivity index (χ0v) is 15.3. The molecule has 3 rings (SSSR count). The number of unbranched alkanes of at least 4 members (excludes halogenated alkanes) is 2. The van der Waals surface area contributed by atoms with Crippen LogP contribution in [0, 0.1) is 6.57 Å². The molecule has 0 amide bonds. The number of carbonyl (C=O) groups is 1. The van der Waals surface area contributed by atoms with Crippen LogP contribution in [0.5, 0.6) is 5.75 Å². The van der Waals surface area contributed by atoms with Gasteiger partial charge in [0.05, 0.1) is 13.2 Å². The van der Waals surface area contributed by atoms with Crippen LogP contribution in [-0.4, -0.2) is 18.7 Å². The lowest BCUT2D eigenvalue weighted by atomic mass is 10.1. The van der Waals surface area contributed by atoms with Gasteiger partial charge >= 0.3 is 5.97 Å². The van der Waals surface area contributed by atoms with Crippen molar-refractivity contribution in [2.45, 2.75) is 38.2 Å². The van der Waals surface area contributed by atoms with Crippen LogP contribution in [-0.2, 0) is 9.53 Å². The number of rotatable bonds is 8. The lowest BCUT2D eigenvalue weighted by Crippen LogP contribution is -2.06. The van der Waals surface area contributed by atoms with Gasteiger partial charge in [-0.25, -0.2) is 9.64 Å². The summed E-state index contributed by atoms with van der Waals surface area (Å²) in [4.78, 5) is 14.7. The monoisotopic (exact) mass is 361 g/mol. The first kappa shape index (κ1) is 18.7. The summed E-state index contributed by atoms with van der Waals surface area (Å²) in [5, 5.41) is 0. The molecule has 0 aromatic heterocycles. The molecule has 0 radical (unpaired) electrons. The average Bonchev–Trinajstić information content (AvgIpc) is 3.02. The quantitative estimate of drug-likeness (QED) is 0.261. The average molecular weight is 361 g/mol. The molecule has 0 bridgehead atoms. The van der Waals surface area contributed by atoms with E-state index in [1.54, 1.807) is 0 Å². The van der Waals surface area contributed by atoms with E-state index in [4.69, 9.17) is 16.0 Å². The molecule has 2 aromatic carbocycles. The van der Waals surface area contributed by atoms with Crippen molar-refractivity contribution in [2.24, 2.45) is 0 Å². The highest BCUT2D eigenvalue weighted by Gasteiger charge is 2.26. The molecular formula is C23H23NO3. The standard InChI is InChI=1S/C23H23NO3/c1-17-16-22(27-23(17)25)6-4-3-5-15-26-21-13-9-19(10-14-21)18-7-11-20(24-2)12-8-18/h7-14,22H,1,3-6,15-16H2. The fraction of sp³-hybridized carbons (Fsp3) is 0.304. The van der Waals surface area contributed by atoms with Gasteiger partial charge in [0, 0.05) is 12.0 Å². The van der Waals surface area contributed by atoms with Gasteiger partial charge < -0.3 is 9.47 Å². The number of hydrogen-bond donors (Lipinski definition) is 0. The Morgan fingerprint density at radius 3 is 2.30 bits per heavy atom. The Balaban J connectivity index is 1.36. The second-order valence-electron chi connectivity index (χ2n) is 6.72. The molecule has 1 unspecified atom stereocenters. The fourth-order valence-corrected chi connectivity index (χ4v) is 3.11. The van der Waals surface area contributed by atoms with Crippen LogP contribution in [0.15, 0.2) is 60.7 Å². The highest BCUT2D eigenvalue weighted by molar-refractivity contribution is 5.89. The van der Waals surface area contributed by atoms with Gasteiger partial charge in [0.1, 0.15) is 11.9 Å². The number of carbonyl (C=O) groups excluding carboxylic acids is 1. The molecule has 2 aromatic rings. The van der Waals surface area contributed by atoms with Gasteiger partial charge in [-0.15, -0.1) is 0 Å². The van der Waals surface area contributed by atoms with Crippen LogP contribution < -0.4 is 4.74 Å². The van der Waals surface area contributed by atoms with Gasteiger partial charge in [-0.1, -0.05) is 43.0 Å². The van der Waals surface area contributed by atoms with E-state index >= 15 is 0 Å². The molecule has 1 heterocycles. The van der Waals surface area contributed by atoms with E-state index in [0.29, 0.717) is 24.3 Å². The first-order valence-electron chi connectivity index (χ1n) is 9.25. The van der Waals surface area contributed by atoms with Gasteiger partial charge in [-0.2, -0.15) is 0 Å². The van der Waals surface area contributed by atoms with Crippen LogP contribution in [0.1, 0.15) is 32.1 Å². The van der Waals surface area contributed by atoms with Crippen LogP contribution in [0.4, 0.5) is 5.69 Å². The minimum Gasteiger partial charge on any atom is -0.494 e. The molecule has 4 nitrogen and oxygen atoms in total. The summed E-state index contributed by atoms with van der Waals surface area (Å²) in [7, 11) is 0. The Bertz CT molecular complexity index is 815. The molecule has 0 saturated carbocycles. The summed E-state index contributed by atoms with van der Waals surface area (Å²) in [5.41, 5.74) is 3.43. The molecule has 0 aliphatic carbocycles. The molecule has 27 heavy (non-hydrogen) atoms. The van der Waals surface area contributed by atoms with E-state index in [2.05, 4.69) is 11.4 Å². The van der Waals surface area contributed by atoms with Crippen molar-refractivity contribution in [1.29, 1.82) is 0 Å². The van der Waals surface area contributed by atoms with E-state index in [1.807, 2.05) is 48.5 Å². The molecule has 0 spiro atoms. The SMILES string of the molecule is [C-]#[N+]c1ccc(-c2ccc(OCCCCCC3CC(=C)C(=O)O3)cc2)cc1. The zero-order chi connectivity index (χ0) is 19.1. The Kier molecular flexibility index (Phi) is 6.27. The number of hydrogen-bond acceptors (Lipinski definition) is 3. The van der Waals surface area contributed by atoms with Crippen molar-refractivity contribution in [2.75, 3.05) is 6.61 Å². The molecule has 1 atom stereocenters. The molecule has 1 aliphatic rings. The summed E-state index contributed by atoms with van der Waals surface area (Å²) in [6.07, 6.45) is 4.62. The number of nitrogens with zero attached hydrogens (tertiary/aromatic N) is 1. The maximum absolute atomic E-state index is 11.3. The Morgan fingerprint density at radius 1 is 1.04 bits per heavy atom. The van der Waals surface area contributed by atoms with Crippen molar-refractivity contribution in [3.8, 4) is 16.9 Å². The topological polar surface area (TPSA) is 39.9 Å². The molecule has 138 valence electrons. The molecular weight excluding hydrogens is 338 g/mol. The zero-order valence-electron chi connectivity index (χ0n) is 15.3. The second-order valence-corrected chi connectivity index (χ2v) is 6.72. The summed E-state index contributed by atoms with van der Waals surface area (Å²) >= 11 is 0. The predicted octanol–water partition coefficient (Wildman–Crippen LogP) is 5.72. The summed E-state index contributed by atoms with van der Waals surface area (Å²) < 4.78 is 11.0. The third kappa shape index (κ3) is 5.21. The maximum Gasteiger partial charge on any atom is 0.333 e. The molecule has 0 N–H and O–H groups in total. The van der Waals surface area contributed by atoms with E-state index in [-0.39, 0.29) is 12.1 Å². The fourth-order valence-electron chi connectivity index (χ4n) is 3.11. The molecule has 4 heteroatoms. The van der Waals surface area contributed by atoms with E-state index < -0.39 is 0 Å². The Labute approximate surface area is 160 Å². The van der Waals surface area contributed by atoms with Crippen molar-refractivity contribution >= 4 is 11.7 Å². The van der Waals surface area contributed by atoms with E-state index in [0.717, 1.165) is 42.6 Å². The second kappa shape index (κ2) is 9.05. The van der Waals surface area contributed by atoms with Crippen LogP contribution in [0.3, 0.4) is 0 Å². The lowest BCUT2D eigenvalue weighted by molar-refractivity contribution is -0.139. The summed E-state index contributed by atoms with van der Waals surface area (Å²) in [6, 6.07) is 15.6. The first-order valence-corrected chi connectivity index (χ1v) is 9.25. The van der Waals surface area contributed by atoms with Crippen LogP contribution in [0.2, 0.25) is 0 Å². The smallest absolute Gasteiger partial charge is 0.333 e. The minimum atomic E-state index is -0.242. The van der Waals surface area contributed by atoms with Crippen LogP contribution >= 0.6 is 0 Å². The van der Waals surface area contributed by atoms with Gasteiger partial charge in [0.2, 0.25) is 0 Å². The highest BCUT2D eigenvalue weighted by atomic mass is 16.5. The van der Waals surface area contributed by atoms with Crippen molar-refractivity contribution in [3.63, 3.8) is 0 Å². The van der Waals surface area contributed by atoms with Crippen LogP contribution in [0.25, 0.3) is 16.0 Å². The van der Waals surface area contributed by atoms with Gasteiger partial charge in [0.15, 0.2) is 5.69 Å². The first-order chi connectivity index (χ1) is 13.2. The van der Waals surface area contributed by atoms with E-state index in [1.165, 1.54) is 0 Å². The van der Waals surface area contributed by atoms with Gasteiger partial charge in [-0.3, -0.25) is 0 Å². The third-order valence-electron chi connectivity index (χ3n) is 4.66. The van der Waals surface area contributed by atoms with Crippen molar-refractivity contribution < 1.29 is 14.3 Å². The number of cyclic esters (lactones) is 1. The molecule has 1 aliphatic heterocycles. The van der Waals surface area contributed by atoms with Gasteiger partial charge in [-0.05, 0) is 48.9 Å². The largest absolute Gasteiger partial charge is 0.494 e. The maximum atomic E-state index is 11.3. The number of ether oxygens (including phenoxy) is 2. The lowest BCUT2D eigenvalue weighted by Gasteiger charge is -2.09. The highest BCUT2D eigenvalue weighted by Crippen LogP contribution is 2.25. The van der Waals surface area contributed by atoms with Crippen molar-refractivity contribution in [1.82, 2.24) is 0 Å². The summed E-state index contributed by atoms with van der Waals surface area (Å²) in [5.74, 6) is 0.617. The van der Waals surface area contributed by atoms with Crippen molar-refractivity contribution in [3.05, 3.63) is 72.1 Å². The molecule has 1 fully saturated rings. The predicted molar refractivity (Wildman–Crippen MR) is 106 cm³/mol. The summed E-state index contributed by atoms with van der Waals surface area (Å²) in [6.45, 7) is 11.4. The Morgan fingerprint density at radius 2 is 1.70 bits per heavy atom.